The van der Waals surface area contributed by atoms with Gasteiger partial charge in [0.25, 0.3) is 0 Å². The fourth-order valence-corrected chi connectivity index (χ4v) is 2.28. The lowest BCUT2D eigenvalue weighted by Gasteiger charge is -1.82. The minimum Gasteiger partial charge on any atom is -0.136 e. The summed E-state index contributed by atoms with van der Waals surface area (Å²) < 4.78 is 1.37. The number of hydrogen-bond acceptors (Lipinski definition) is 1. The molecule has 12 heavy (non-hydrogen) atoms. The maximum atomic E-state index is 2.22. The summed E-state index contributed by atoms with van der Waals surface area (Å²) in [6.07, 6.45) is 4.22. The molecule has 0 spiro atoms. The number of benzene rings is 1. The highest BCUT2D eigenvalue weighted by Gasteiger charge is 1.95. The van der Waals surface area contributed by atoms with Crippen LogP contribution in [0.3, 0.4) is 0 Å². The standard InChI is InChI=1S/C11H10S/c1-2-5-10-8-9-6-3-4-7-11(9)12-10/h2-8H,1H3/b5-2+. The van der Waals surface area contributed by atoms with Crippen LogP contribution in [0, 0.1) is 0 Å². The van der Waals surface area contributed by atoms with Crippen molar-refractivity contribution in [2.75, 3.05) is 0 Å². The molecule has 1 heteroatoms. The van der Waals surface area contributed by atoms with Crippen molar-refractivity contribution in [3.8, 4) is 0 Å². The average Bonchev–Trinajstić information content (AvgIpc) is 2.47. The summed E-state index contributed by atoms with van der Waals surface area (Å²) in [5.74, 6) is 0. The Balaban J connectivity index is 2.62. The van der Waals surface area contributed by atoms with Crippen molar-refractivity contribution >= 4 is 27.5 Å². The third-order valence-corrected chi connectivity index (χ3v) is 2.86. The van der Waals surface area contributed by atoms with Crippen LogP contribution in [0.4, 0.5) is 0 Å². The van der Waals surface area contributed by atoms with Crippen molar-refractivity contribution in [1.82, 2.24) is 0 Å². The van der Waals surface area contributed by atoms with Gasteiger partial charge in [-0.3, -0.25) is 0 Å². The molecule has 0 bridgehead atoms. The summed E-state index contributed by atoms with van der Waals surface area (Å²) in [7, 11) is 0. The van der Waals surface area contributed by atoms with E-state index in [0.717, 1.165) is 0 Å². The minimum atomic E-state index is 1.33. The molecule has 0 amide bonds. The molecule has 0 aliphatic heterocycles. The Kier molecular flexibility index (Phi) is 1.96. The Morgan fingerprint density at radius 2 is 2.08 bits per heavy atom. The molecule has 0 saturated heterocycles. The summed E-state index contributed by atoms with van der Waals surface area (Å²) in [5, 5.41) is 1.34. The van der Waals surface area contributed by atoms with E-state index in [-0.39, 0.29) is 0 Å². The van der Waals surface area contributed by atoms with Gasteiger partial charge in [0, 0.05) is 9.58 Å². The van der Waals surface area contributed by atoms with E-state index < -0.39 is 0 Å². The number of allylic oxidation sites excluding steroid dienone is 1. The van der Waals surface area contributed by atoms with Crippen molar-refractivity contribution in [3.05, 3.63) is 41.3 Å². The lowest BCUT2D eigenvalue weighted by molar-refractivity contribution is 1.79. The third kappa shape index (κ3) is 1.28. The van der Waals surface area contributed by atoms with Crippen LogP contribution in [0.2, 0.25) is 0 Å². The van der Waals surface area contributed by atoms with Gasteiger partial charge < -0.3 is 0 Å². The van der Waals surface area contributed by atoms with Gasteiger partial charge in [0.2, 0.25) is 0 Å². The van der Waals surface area contributed by atoms with Crippen LogP contribution < -0.4 is 0 Å². The molecular weight excluding hydrogens is 164 g/mol. The summed E-state index contributed by atoms with van der Waals surface area (Å²) >= 11 is 1.84. The van der Waals surface area contributed by atoms with Gasteiger partial charge in [0.05, 0.1) is 0 Å². The van der Waals surface area contributed by atoms with Gasteiger partial charge in [0.1, 0.15) is 0 Å². The maximum Gasteiger partial charge on any atom is 0.0349 e. The second-order valence-corrected chi connectivity index (χ2v) is 3.80. The molecule has 0 N–H and O–H groups in total. The molecule has 0 aliphatic carbocycles. The Hall–Kier alpha value is -1.08. The highest BCUT2D eigenvalue weighted by molar-refractivity contribution is 7.19. The van der Waals surface area contributed by atoms with Gasteiger partial charge in [-0.05, 0) is 30.5 Å². The molecule has 0 aliphatic rings. The average molecular weight is 174 g/mol. The molecule has 60 valence electrons. The zero-order chi connectivity index (χ0) is 8.39. The normalized spacial score (nSPS) is 11.4. The molecule has 0 nitrogen and oxygen atoms in total. The van der Waals surface area contributed by atoms with Crippen molar-refractivity contribution < 1.29 is 0 Å². The summed E-state index contributed by atoms with van der Waals surface area (Å²) in [4.78, 5) is 1.33. The number of rotatable bonds is 1. The van der Waals surface area contributed by atoms with Crippen LogP contribution >= 0.6 is 11.3 Å². The zero-order valence-corrected chi connectivity index (χ0v) is 7.77. The number of thiophene rings is 1. The molecule has 1 aromatic heterocycles. The van der Waals surface area contributed by atoms with Gasteiger partial charge in [-0.15, -0.1) is 11.3 Å². The van der Waals surface area contributed by atoms with Gasteiger partial charge >= 0.3 is 0 Å². The largest absolute Gasteiger partial charge is 0.136 e. The first kappa shape index (κ1) is 7.56. The first-order chi connectivity index (χ1) is 5.90. The van der Waals surface area contributed by atoms with Crippen LogP contribution in [0.1, 0.15) is 11.8 Å². The van der Waals surface area contributed by atoms with Crippen LogP contribution in [0.25, 0.3) is 16.2 Å². The molecule has 2 rings (SSSR count). The van der Waals surface area contributed by atoms with Crippen LogP contribution in [0.5, 0.6) is 0 Å². The lowest BCUT2D eigenvalue weighted by atomic mass is 10.2. The van der Waals surface area contributed by atoms with Gasteiger partial charge in [-0.2, -0.15) is 0 Å². The summed E-state index contributed by atoms with van der Waals surface area (Å²) in [6, 6.07) is 10.7. The highest BCUT2D eigenvalue weighted by atomic mass is 32.1. The van der Waals surface area contributed by atoms with Crippen molar-refractivity contribution in [2.45, 2.75) is 6.92 Å². The van der Waals surface area contributed by atoms with Gasteiger partial charge in [-0.25, -0.2) is 0 Å². The van der Waals surface area contributed by atoms with Crippen molar-refractivity contribution in [3.63, 3.8) is 0 Å². The Bertz CT molecular complexity index is 377. The van der Waals surface area contributed by atoms with E-state index in [9.17, 15) is 0 Å². The van der Waals surface area contributed by atoms with E-state index in [1.807, 2.05) is 18.3 Å². The van der Waals surface area contributed by atoms with E-state index in [2.05, 4.69) is 42.5 Å². The smallest absolute Gasteiger partial charge is 0.0349 e. The fourth-order valence-electron chi connectivity index (χ4n) is 1.25. The predicted molar refractivity (Wildman–Crippen MR) is 56.5 cm³/mol. The molecule has 0 radical (unpaired) electrons. The first-order valence-corrected chi connectivity index (χ1v) is 4.83. The Morgan fingerprint density at radius 1 is 1.25 bits per heavy atom. The van der Waals surface area contributed by atoms with Crippen LogP contribution in [-0.2, 0) is 0 Å². The number of fused-ring (bicyclic) bond motifs is 1. The molecular formula is C11H10S. The molecule has 1 aromatic carbocycles. The summed E-state index contributed by atoms with van der Waals surface area (Å²) in [6.45, 7) is 2.05. The topological polar surface area (TPSA) is 0 Å². The molecule has 1 heterocycles. The van der Waals surface area contributed by atoms with E-state index in [4.69, 9.17) is 0 Å². The van der Waals surface area contributed by atoms with E-state index in [1.54, 1.807) is 0 Å². The minimum absolute atomic E-state index is 1.33. The molecule has 0 fully saturated rings. The lowest BCUT2D eigenvalue weighted by Crippen LogP contribution is -1.57. The maximum absolute atomic E-state index is 2.22. The predicted octanol–water partition coefficient (Wildman–Crippen LogP) is 3.93. The monoisotopic (exact) mass is 174 g/mol. The van der Waals surface area contributed by atoms with Gasteiger partial charge in [-0.1, -0.05) is 24.3 Å². The molecule has 0 saturated carbocycles. The quantitative estimate of drug-likeness (QED) is 0.614. The highest BCUT2D eigenvalue weighted by Crippen LogP contribution is 2.25. The second kappa shape index (κ2) is 3.11. The molecule has 2 aromatic rings. The third-order valence-electron chi connectivity index (χ3n) is 1.78. The molecule has 0 atom stereocenters. The van der Waals surface area contributed by atoms with E-state index in [0.29, 0.717) is 0 Å². The summed E-state index contributed by atoms with van der Waals surface area (Å²) in [5.41, 5.74) is 0. The Labute approximate surface area is 76.2 Å². The zero-order valence-electron chi connectivity index (χ0n) is 6.95. The van der Waals surface area contributed by atoms with Crippen molar-refractivity contribution in [1.29, 1.82) is 0 Å². The van der Waals surface area contributed by atoms with Crippen LogP contribution in [-0.4, -0.2) is 0 Å². The van der Waals surface area contributed by atoms with Crippen molar-refractivity contribution in [2.24, 2.45) is 0 Å². The first-order valence-electron chi connectivity index (χ1n) is 4.01. The Morgan fingerprint density at radius 3 is 2.83 bits per heavy atom. The fraction of sp³-hybridized carbons (Fsp3) is 0.0909. The van der Waals surface area contributed by atoms with Gasteiger partial charge in [0.15, 0.2) is 0 Å². The number of hydrogen-bond donors (Lipinski definition) is 0. The second-order valence-electron chi connectivity index (χ2n) is 2.69. The molecule has 0 unspecified atom stereocenters. The SMILES string of the molecule is C/C=C/c1cc2ccccc2s1. The van der Waals surface area contributed by atoms with E-state index in [1.165, 1.54) is 15.0 Å². The van der Waals surface area contributed by atoms with E-state index >= 15 is 0 Å². The van der Waals surface area contributed by atoms with Crippen LogP contribution in [0.15, 0.2) is 36.4 Å².